The second-order valence-corrected chi connectivity index (χ2v) is 6.51. The number of carbonyl (C=O) groups excluding carboxylic acids is 1. The van der Waals surface area contributed by atoms with E-state index in [1.165, 1.54) is 0 Å². The summed E-state index contributed by atoms with van der Waals surface area (Å²) in [5, 5.41) is 13.8. The van der Waals surface area contributed by atoms with Gasteiger partial charge in [0.05, 0.1) is 6.10 Å². The summed E-state index contributed by atoms with van der Waals surface area (Å²) in [4.78, 5) is 14.8. The SMILES string of the molecule is O=C(C1CCNCC1)N1CCC[C@@H]1C[C@H](O)c1ccccc1. The van der Waals surface area contributed by atoms with Crippen molar-refractivity contribution in [2.24, 2.45) is 5.92 Å². The van der Waals surface area contributed by atoms with Crippen LogP contribution in [-0.2, 0) is 4.79 Å². The molecule has 3 rings (SSSR count). The average molecular weight is 302 g/mol. The number of nitrogens with zero attached hydrogens (tertiary/aromatic N) is 1. The lowest BCUT2D eigenvalue weighted by atomic mass is 9.95. The number of likely N-dealkylation sites (tertiary alicyclic amines) is 1. The predicted octanol–water partition coefficient (Wildman–Crippen LogP) is 2.10. The first-order valence-corrected chi connectivity index (χ1v) is 8.50. The van der Waals surface area contributed by atoms with Crippen LogP contribution in [0, 0.1) is 5.92 Å². The summed E-state index contributed by atoms with van der Waals surface area (Å²) in [7, 11) is 0. The van der Waals surface area contributed by atoms with E-state index in [4.69, 9.17) is 0 Å². The molecule has 1 aromatic rings. The Bertz CT molecular complexity index is 485. The van der Waals surface area contributed by atoms with Gasteiger partial charge in [-0.05, 0) is 50.8 Å². The zero-order valence-electron chi connectivity index (χ0n) is 13.1. The van der Waals surface area contributed by atoms with Crippen LogP contribution in [0.3, 0.4) is 0 Å². The second-order valence-electron chi connectivity index (χ2n) is 6.51. The van der Waals surface area contributed by atoms with Crippen LogP contribution in [-0.4, -0.2) is 41.6 Å². The van der Waals surface area contributed by atoms with E-state index in [0.29, 0.717) is 12.3 Å². The first kappa shape index (κ1) is 15.5. The third-order valence-corrected chi connectivity index (χ3v) is 5.03. The molecule has 4 nitrogen and oxygen atoms in total. The normalized spacial score (nSPS) is 24.4. The van der Waals surface area contributed by atoms with Gasteiger partial charge in [-0.3, -0.25) is 4.79 Å². The van der Waals surface area contributed by atoms with E-state index in [1.807, 2.05) is 35.2 Å². The summed E-state index contributed by atoms with van der Waals surface area (Å²) in [6.45, 7) is 2.75. The standard InChI is InChI=1S/C18H26N2O2/c21-17(14-5-2-1-3-6-14)13-16-7-4-12-20(16)18(22)15-8-10-19-11-9-15/h1-3,5-6,15-17,19,21H,4,7-13H2/t16-,17+/m1/s1. The second kappa shape index (κ2) is 7.25. The fraction of sp³-hybridized carbons (Fsp3) is 0.611. The number of piperidine rings is 1. The molecule has 2 atom stereocenters. The molecule has 1 aromatic carbocycles. The highest BCUT2D eigenvalue weighted by Crippen LogP contribution is 2.29. The van der Waals surface area contributed by atoms with Crippen molar-refractivity contribution in [2.45, 2.75) is 44.2 Å². The largest absolute Gasteiger partial charge is 0.388 e. The third-order valence-electron chi connectivity index (χ3n) is 5.03. The van der Waals surface area contributed by atoms with Gasteiger partial charge in [0.2, 0.25) is 5.91 Å². The van der Waals surface area contributed by atoms with Crippen molar-refractivity contribution in [3.05, 3.63) is 35.9 Å². The smallest absolute Gasteiger partial charge is 0.226 e. The van der Waals surface area contributed by atoms with E-state index in [0.717, 1.165) is 50.9 Å². The molecule has 0 aliphatic carbocycles. The fourth-order valence-electron chi connectivity index (χ4n) is 3.74. The summed E-state index contributed by atoms with van der Waals surface area (Å²) in [6, 6.07) is 9.96. The van der Waals surface area contributed by atoms with E-state index in [-0.39, 0.29) is 12.0 Å². The molecule has 4 heteroatoms. The summed E-state index contributed by atoms with van der Waals surface area (Å²) in [5.41, 5.74) is 0.948. The predicted molar refractivity (Wildman–Crippen MR) is 86.3 cm³/mol. The van der Waals surface area contributed by atoms with Gasteiger partial charge in [0.25, 0.3) is 0 Å². The molecular formula is C18H26N2O2. The van der Waals surface area contributed by atoms with Crippen LogP contribution >= 0.6 is 0 Å². The number of amides is 1. The van der Waals surface area contributed by atoms with Crippen LogP contribution in [0.1, 0.15) is 43.8 Å². The van der Waals surface area contributed by atoms with Gasteiger partial charge in [0.1, 0.15) is 0 Å². The molecule has 2 fully saturated rings. The Balaban J connectivity index is 1.61. The van der Waals surface area contributed by atoms with Crippen molar-refractivity contribution in [2.75, 3.05) is 19.6 Å². The maximum atomic E-state index is 12.7. The van der Waals surface area contributed by atoms with E-state index in [9.17, 15) is 9.90 Å². The minimum Gasteiger partial charge on any atom is -0.388 e. The highest BCUT2D eigenvalue weighted by Gasteiger charge is 2.34. The lowest BCUT2D eigenvalue weighted by Crippen LogP contribution is -2.43. The van der Waals surface area contributed by atoms with Crippen molar-refractivity contribution in [3.8, 4) is 0 Å². The topological polar surface area (TPSA) is 52.6 Å². The summed E-state index contributed by atoms with van der Waals surface area (Å²) >= 11 is 0. The van der Waals surface area contributed by atoms with Gasteiger partial charge in [-0.2, -0.15) is 0 Å². The maximum Gasteiger partial charge on any atom is 0.226 e. The first-order chi connectivity index (χ1) is 10.8. The monoisotopic (exact) mass is 302 g/mol. The number of hydrogen-bond donors (Lipinski definition) is 2. The molecule has 0 aromatic heterocycles. The summed E-state index contributed by atoms with van der Waals surface area (Å²) in [6.07, 6.45) is 4.14. The Morgan fingerprint density at radius 3 is 2.68 bits per heavy atom. The van der Waals surface area contributed by atoms with Crippen LogP contribution in [0.15, 0.2) is 30.3 Å². The van der Waals surface area contributed by atoms with Crippen LogP contribution in [0.25, 0.3) is 0 Å². The maximum absolute atomic E-state index is 12.7. The lowest BCUT2D eigenvalue weighted by molar-refractivity contribution is -0.137. The molecule has 2 saturated heterocycles. The minimum absolute atomic E-state index is 0.177. The van der Waals surface area contributed by atoms with Crippen molar-refractivity contribution < 1.29 is 9.90 Å². The molecule has 0 bridgehead atoms. The van der Waals surface area contributed by atoms with E-state index < -0.39 is 6.10 Å². The number of hydrogen-bond acceptors (Lipinski definition) is 3. The molecular weight excluding hydrogens is 276 g/mol. The molecule has 2 heterocycles. The Kier molecular flexibility index (Phi) is 5.11. The van der Waals surface area contributed by atoms with Crippen LogP contribution in [0.2, 0.25) is 0 Å². The van der Waals surface area contributed by atoms with Crippen LogP contribution in [0.5, 0.6) is 0 Å². The third kappa shape index (κ3) is 3.50. The fourth-order valence-corrected chi connectivity index (χ4v) is 3.74. The zero-order valence-corrected chi connectivity index (χ0v) is 13.1. The molecule has 22 heavy (non-hydrogen) atoms. The number of aliphatic hydroxyl groups excluding tert-OH is 1. The minimum atomic E-state index is -0.479. The van der Waals surface area contributed by atoms with Gasteiger partial charge in [-0.15, -0.1) is 0 Å². The molecule has 0 unspecified atom stereocenters. The zero-order chi connectivity index (χ0) is 15.4. The Morgan fingerprint density at radius 1 is 1.23 bits per heavy atom. The van der Waals surface area contributed by atoms with Gasteiger partial charge in [-0.25, -0.2) is 0 Å². The van der Waals surface area contributed by atoms with Crippen molar-refractivity contribution in [1.29, 1.82) is 0 Å². The number of carbonyl (C=O) groups is 1. The average Bonchev–Trinajstić information content (AvgIpc) is 3.04. The number of benzene rings is 1. The molecule has 120 valence electrons. The molecule has 0 saturated carbocycles. The molecule has 0 radical (unpaired) electrons. The lowest BCUT2D eigenvalue weighted by Gasteiger charge is -2.32. The van der Waals surface area contributed by atoms with E-state index in [2.05, 4.69) is 5.32 Å². The Morgan fingerprint density at radius 2 is 1.95 bits per heavy atom. The summed E-state index contributed by atoms with van der Waals surface area (Å²) in [5.74, 6) is 0.486. The number of nitrogens with one attached hydrogen (secondary N) is 1. The van der Waals surface area contributed by atoms with Gasteiger partial charge in [-0.1, -0.05) is 30.3 Å². The Hall–Kier alpha value is -1.39. The van der Waals surface area contributed by atoms with Gasteiger partial charge in [0.15, 0.2) is 0 Å². The first-order valence-electron chi connectivity index (χ1n) is 8.50. The van der Waals surface area contributed by atoms with Crippen molar-refractivity contribution >= 4 is 5.91 Å². The number of rotatable bonds is 4. The van der Waals surface area contributed by atoms with Crippen LogP contribution < -0.4 is 5.32 Å². The van der Waals surface area contributed by atoms with Gasteiger partial charge >= 0.3 is 0 Å². The highest BCUT2D eigenvalue weighted by molar-refractivity contribution is 5.79. The summed E-state index contributed by atoms with van der Waals surface area (Å²) < 4.78 is 0. The van der Waals surface area contributed by atoms with E-state index in [1.54, 1.807) is 0 Å². The van der Waals surface area contributed by atoms with Gasteiger partial charge < -0.3 is 15.3 Å². The van der Waals surface area contributed by atoms with Gasteiger partial charge in [0, 0.05) is 18.5 Å². The molecule has 2 N–H and O–H groups in total. The Labute approximate surface area is 132 Å². The molecule has 1 amide bonds. The van der Waals surface area contributed by atoms with Crippen molar-refractivity contribution in [3.63, 3.8) is 0 Å². The molecule has 0 spiro atoms. The molecule has 2 aliphatic rings. The number of aliphatic hydroxyl groups is 1. The highest BCUT2D eigenvalue weighted by atomic mass is 16.3. The molecule has 2 aliphatic heterocycles. The van der Waals surface area contributed by atoms with E-state index >= 15 is 0 Å². The quantitative estimate of drug-likeness (QED) is 0.895. The van der Waals surface area contributed by atoms with Crippen LogP contribution in [0.4, 0.5) is 0 Å². The van der Waals surface area contributed by atoms with Crippen molar-refractivity contribution in [1.82, 2.24) is 10.2 Å².